The third-order valence-corrected chi connectivity index (χ3v) is 3.13. The van der Waals surface area contributed by atoms with E-state index in [-0.39, 0.29) is 18.5 Å². The van der Waals surface area contributed by atoms with Gasteiger partial charge in [0.1, 0.15) is 12.0 Å². The number of aromatic nitrogens is 2. The highest BCUT2D eigenvalue weighted by Gasteiger charge is 2.22. The maximum Gasteiger partial charge on any atom is 0.254 e. The molecule has 1 aromatic heterocycles. The predicted octanol–water partition coefficient (Wildman–Crippen LogP) is 2.22. The van der Waals surface area contributed by atoms with E-state index < -0.39 is 5.82 Å². The SMILES string of the molecule is CC#CCOc1ncnc(C2CCCCCN2)c1F. The molecule has 1 aliphatic rings. The van der Waals surface area contributed by atoms with E-state index in [1.807, 2.05) is 0 Å². The molecule has 0 saturated carbocycles. The van der Waals surface area contributed by atoms with Gasteiger partial charge in [-0.3, -0.25) is 0 Å². The monoisotopic (exact) mass is 263 g/mol. The summed E-state index contributed by atoms with van der Waals surface area (Å²) in [7, 11) is 0. The molecule has 1 fully saturated rings. The van der Waals surface area contributed by atoms with Gasteiger partial charge < -0.3 is 10.1 Å². The van der Waals surface area contributed by atoms with Gasteiger partial charge in [0.2, 0.25) is 5.82 Å². The normalized spacial score (nSPS) is 19.2. The molecule has 0 amide bonds. The Labute approximate surface area is 112 Å². The maximum absolute atomic E-state index is 14.3. The van der Waals surface area contributed by atoms with E-state index in [0.29, 0.717) is 5.69 Å². The van der Waals surface area contributed by atoms with E-state index in [4.69, 9.17) is 4.74 Å². The zero-order valence-electron chi connectivity index (χ0n) is 11.1. The number of hydrogen-bond acceptors (Lipinski definition) is 4. The first-order valence-electron chi connectivity index (χ1n) is 6.59. The van der Waals surface area contributed by atoms with Crippen molar-refractivity contribution in [2.75, 3.05) is 13.2 Å². The zero-order chi connectivity index (χ0) is 13.5. The lowest BCUT2D eigenvalue weighted by Crippen LogP contribution is -2.23. The Bertz CT molecular complexity index is 473. The first kappa shape index (κ1) is 13.8. The summed E-state index contributed by atoms with van der Waals surface area (Å²) in [4.78, 5) is 7.89. The van der Waals surface area contributed by atoms with Gasteiger partial charge in [-0.1, -0.05) is 18.8 Å². The predicted molar refractivity (Wildman–Crippen MR) is 70.1 cm³/mol. The van der Waals surface area contributed by atoms with Crippen molar-refractivity contribution < 1.29 is 9.13 Å². The van der Waals surface area contributed by atoms with E-state index in [0.717, 1.165) is 25.8 Å². The lowest BCUT2D eigenvalue weighted by Gasteiger charge is -2.16. The van der Waals surface area contributed by atoms with Gasteiger partial charge >= 0.3 is 0 Å². The second-order valence-electron chi connectivity index (χ2n) is 4.45. The van der Waals surface area contributed by atoms with Crippen molar-refractivity contribution in [3.05, 3.63) is 17.8 Å². The highest BCUT2D eigenvalue weighted by Crippen LogP contribution is 2.26. The molecule has 1 saturated heterocycles. The minimum atomic E-state index is -0.472. The third-order valence-electron chi connectivity index (χ3n) is 3.13. The Morgan fingerprint density at radius 3 is 3.16 bits per heavy atom. The summed E-state index contributed by atoms with van der Waals surface area (Å²) in [6.07, 6.45) is 5.62. The lowest BCUT2D eigenvalue weighted by molar-refractivity contribution is 0.324. The van der Waals surface area contributed by atoms with E-state index in [1.54, 1.807) is 6.92 Å². The van der Waals surface area contributed by atoms with Crippen LogP contribution in [-0.2, 0) is 0 Å². The topological polar surface area (TPSA) is 47.0 Å². The van der Waals surface area contributed by atoms with Gasteiger partial charge in [0, 0.05) is 0 Å². The van der Waals surface area contributed by atoms with Crippen molar-refractivity contribution >= 4 is 0 Å². The van der Waals surface area contributed by atoms with Crippen LogP contribution in [0.3, 0.4) is 0 Å². The van der Waals surface area contributed by atoms with E-state index in [1.165, 1.54) is 12.7 Å². The molecule has 2 heterocycles. The van der Waals surface area contributed by atoms with Crippen molar-refractivity contribution in [3.8, 4) is 17.7 Å². The first-order valence-corrected chi connectivity index (χ1v) is 6.59. The molecule has 1 aliphatic heterocycles. The zero-order valence-corrected chi connectivity index (χ0v) is 11.1. The summed E-state index contributed by atoms with van der Waals surface area (Å²) in [6.45, 7) is 2.74. The lowest BCUT2D eigenvalue weighted by atomic mass is 10.1. The fourth-order valence-corrected chi connectivity index (χ4v) is 2.15. The second-order valence-corrected chi connectivity index (χ2v) is 4.45. The standard InChI is InChI=1S/C14H18FN3O/c1-2-3-9-19-14-12(15)13(17-10-18-14)11-7-5-4-6-8-16-11/h10-11,16H,4-9H2,1H3. The number of nitrogens with zero attached hydrogens (tertiary/aromatic N) is 2. The molecular weight excluding hydrogens is 245 g/mol. The van der Waals surface area contributed by atoms with Gasteiger partial charge in [-0.2, -0.15) is 9.37 Å². The second kappa shape index (κ2) is 7.05. The summed E-state index contributed by atoms with van der Waals surface area (Å²) in [5, 5.41) is 3.32. The molecule has 0 aromatic carbocycles. The van der Waals surface area contributed by atoms with Crippen LogP contribution in [0.1, 0.15) is 44.3 Å². The number of halogens is 1. The fraction of sp³-hybridized carbons (Fsp3) is 0.571. The summed E-state index contributed by atoms with van der Waals surface area (Å²) in [6, 6.07) is -0.0508. The largest absolute Gasteiger partial charge is 0.462 e. The van der Waals surface area contributed by atoms with Crippen LogP contribution in [0, 0.1) is 17.7 Å². The summed E-state index contributed by atoms with van der Waals surface area (Å²) in [5.74, 6) is 4.92. The van der Waals surface area contributed by atoms with Crippen LogP contribution in [0.5, 0.6) is 5.88 Å². The van der Waals surface area contributed by atoms with Crippen LogP contribution < -0.4 is 10.1 Å². The molecule has 19 heavy (non-hydrogen) atoms. The van der Waals surface area contributed by atoms with Gasteiger partial charge in [0.25, 0.3) is 5.88 Å². The third kappa shape index (κ3) is 3.65. The molecule has 5 heteroatoms. The van der Waals surface area contributed by atoms with Gasteiger partial charge in [-0.05, 0) is 26.3 Å². The molecule has 1 unspecified atom stereocenters. The van der Waals surface area contributed by atoms with E-state index in [2.05, 4.69) is 27.1 Å². The highest BCUT2D eigenvalue weighted by molar-refractivity contribution is 5.21. The van der Waals surface area contributed by atoms with Crippen molar-refractivity contribution in [2.45, 2.75) is 38.6 Å². The van der Waals surface area contributed by atoms with Crippen LogP contribution in [-0.4, -0.2) is 23.1 Å². The first-order chi connectivity index (χ1) is 9.33. The molecule has 4 nitrogen and oxygen atoms in total. The average Bonchev–Trinajstić information content (AvgIpc) is 2.70. The maximum atomic E-state index is 14.3. The van der Waals surface area contributed by atoms with Crippen LogP contribution in [0.2, 0.25) is 0 Å². The number of nitrogens with one attached hydrogen (secondary N) is 1. The molecule has 0 radical (unpaired) electrons. The molecule has 2 rings (SSSR count). The van der Waals surface area contributed by atoms with Crippen LogP contribution in [0.25, 0.3) is 0 Å². The molecule has 102 valence electrons. The smallest absolute Gasteiger partial charge is 0.254 e. The Balaban J connectivity index is 2.14. The van der Waals surface area contributed by atoms with Gasteiger partial charge in [0.05, 0.1) is 6.04 Å². The number of ether oxygens (including phenoxy) is 1. The minimum absolute atomic E-state index is 0.0150. The van der Waals surface area contributed by atoms with Crippen molar-refractivity contribution in [3.63, 3.8) is 0 Å². The quantitative estimate of drug-likeness (QED) is 0.849. The Kier molecular flexibility index (Phi) is 5.10. The summed E-state index contributed by atoms with van der Waals surface area (Å²) in [5.41, 5.74) is 0.399. The van der Waals surface area contributed by atoms with Gasteiger partial charge in [-0.25, -0.2) is 4.98 Å². The van der Waals surface area contributed by atoms with Crippen molar-refractivity contribution in [1.29, 1.82) is 0 Å². The highest BCUT2D eigenvalue weighted by atomic mass is 19.1. The molecule has 0 aliphatic carbocycles. The van der Waals surface area contributed by atoms with Crippen molar-refractivity contribution in [1.82, 2.24) is 15.3 Å². The molecule has 1 aromatic rings. The van der Waals surface area contributed by atoms with Crippen molar-refractivity contribution in [2.24, 2.45) is 0 Å². The summed E-state index contributed by atoms with van der Waals surface area (Å²) >= 11 is 0. The molecule has 1 atom stereocenters. The Morgan fingerprint density at radius 2 is 2.32 bits per heavy atom. The van der Waals surface area contributed by atoms with Crippen LogP contribution >= 0.6 is 0 Å². The van der Waals surface area contributed by atoms with E-state index >= 15 is 0 Å². The van der Waals surface area contributed by atoms with Gasteiger partial charge in [-0.15, -0.1) is 5.92 Å². The molecule has 0 bridgehead atoms. The van der Waals surface area contributed by atoms with Gasteiger partial charge in [0.15, 0.2) is 6.61 Å². The number of hydrogen-bond donors (Lipinski definition) is 1. The number of rotatable bonds is 3. The van der Waals surface area contributed by atoms with Crippen LogP contribution in [0.4, 0.5) is 4.39 Å². The Hall–Kier alpha value is -1.67. The van der Waals surface area contributed by atoms with Crippen LogP contribution in [0.15, 0.2) is 6.33 Å². The summed E-state index contributed by atoms with van der Waals surface area (Å²) < 4.78 is 19.5. The average molecular weight is 263 g/mol. The molecule has 0 spiro atoms. The fourth-order valence-electron chi connectivity index (χ4n) is 2.15. The van der Waals surface area contributed by atoms with E-state index in [9.17, 15) is 4.39 Å². The minimum Gasteiger partial charge on any atom is -0.462 e. The molecular formula is C14H18FN3O. The molecule has 1 N–H and O–H groups in total. The Morgan fingerprint density at radius 1 is 1.42 bits per heavy atom.